The number of hydrogen-bond donors (Lipinski definition) is 4. The summed E-state index contributed by atoms with van der Waals surface area (Å²) in [6.45, 7) is 10.00. The molecule has 0 spiro atoms. The number of allylic oxidation sites excluding steroid dienone is 1. The Morgan fingerprint density at radius 1 is 1.10 bits per heavy atom. The van der Waals surface area contributed by atoms with Crippen LogP contribution in [0.1, 0.15) is 29.3 Å². The Morgan fingerprint density at radius 3 is 2.71 bits per heavy atom. The van der Waals surface area contributed by atoms with Gasteiger partial charge in [0.2, 0.25) is 0 Å². The van der Waals surface area contributed by atoms with Crippen LogP contribution in [0, 0.1) is 4.77 Å². The van der Waals surface area contributed by atoms with E-state index in [1.54, 1.807) is 6.08 Å². The third-order valence-electron chi connectivity index (χ3n) is 5.29. The van der Waals surface area contributed by atoms with Gasteiger partial charge in [-0.2, -0.15) is 0 Å². The van der Waals surface area contributed by atoms with Crippen molar-refractivity contribution in [2.24, 2.45) is 4.99 Å². The molecular weight excluding hydrogens is 404 g/mol. The lowest BCUT2D eigenvalue weighted by molar-refractivity contribution is 1.04. The molecule has 4 aromatic rings. The number of para-hydroxylation sites is 1. The standard InChI is InChI=1S/C24H20N6S/c1-4-8-14-16(11-25-18(14)5-2)22-21(17-12-26-19-10-7-6-9-15(17)19)28-20-13(3)27-24(31)30-23(20)29-22/h4-12,25-26H,2-3H2,1H3,(H2,27,29,30,31)/b8-4-. The van der Waals surface area contributed by atoms with E-state index >= 15 is 0 Å². The van der Waals surface area contributed by atoms with Crippen LogP contribution in [0.4, 0.5) is 5.82 Å². The highest BCUT2D eigenvalue weighted by molar-refractivity contribution is 7.71. The number of rotatable bonds is 4. The lowest BCUT2D eigenvalue weighted by Gasteiger charge is -2.19. The highest BCUT2D eigenvalue weighted by Gasteiger charge is 2.23. The molecule has 0 unspecified atom stereocenters. The van der Waals surface area contributed by atoms with Crippen molar-refractivity contribution in [2.75, 3.05) is 5.32 Å². The van der Waals surface area contributed by atoms with Gasteiger partial charge in [0.1, 0.15) is 5.36 Å². The molecule has 1 aromatic carbocycles. The number of nitrogens with one attached hydrogen (secondary N) is 4. The number of anilines is 1. The van der Waals surface area contributed by atoms with Gasteiger partial charge in [-0.25, -0.2) is 9.98 Å². The molecular formula is C24H20N6S. The van der Waals surface area contributed by atoms with E-state index in [0.717, 1.165) is 44.7 Å². The second-order valence-corrected chi connectivity index (χ2v) is 7.55. The van der Waals surface area contributed by atoms with Crippen LogP contribution in [0.15, 0.2) is 54.3 Å². The van der Waals surface area contributed by atoms with E-state index in [2.05, 4.69) is 50.6 Å². The van der Waals surface area contributed by atoms with Crippen LogP contribution in [-0.4, -0.2) is 19.9 Å². The van der Waals surface area contributed by atoms with E-state index in [1.807, 2.05) is 43.6 Å². The molecule has 3 aromatic heterocycles. The molecule has 4 heterocycles. The van der Waals surface area contributed by atoms with Gasteiger partial charge in [0.25, 0.3) is 0 Å². The first-order valence-electron chi connectivity index (χ1n) is 9.83. The minimum absolute atomic E-state index is 0.357. The van der Waals surface area contributed by atoms with E-state index < -0.39 is 0 Å². The Labute approximate surface area is 183 Å². The summed E-state index contributed by atoms with van der Waals surface area (Å²) in [6, 6.07) is 8.16. The van der Waals surface area contributed by atoms with Crippen LogP contribution in [-0.2, 0) is 0 Å². The SMILES string of the molecule is C=Cc1[nH]cc(C2=C(c3c[nH]c4ccccc34)N=c3c(nc(=S)[nH]c3=C)N2)c1/C=C\C. The summed E-state index contributed by atoms with van der Waals surface area (Å²) < 4.78 is 0.357. The Balaban J connectivity index is 1.89. The van der Waals surface area contributed by atoms with Crippen LogP contribution in [0.5, 0.6) is 0 Å². The van der Waals surface area contributed by atoms with E-state index in [1.165, 1.54) is 0 Å². The molecule has 4 N–H and O–H groups in total. The number of aromatic amines is 3. The predicted octanol–water partition coefficient (Wildman–Crippen LogP) is 4.61. The molecule has 0 atom stereocenters. The summed E-state index contributed by atoms with van der Waals surface area (Å²) in [4.78, 5) is 19.1. The van der Waals surface area contributed by atoms with Crippen LogP contribution < -0.4 is 16.0 Å². The zero-order valence-electron chi connectivity index (χ0n) is 16.9. The average molecular weight is 425 g/mol. The molecule has 5 rings (SSSR count). The normalized spacial score (nSPS) is 13.3. The summed E-state index contributed by atoms with van der Waals surface area (Å²) >= 11 is 5.26. The fourth-order valence-corrected chi connectivity index (χ4v) is 4.11. The number of nitrogens with zero attached hydrogens (tertiary/aromatic N) is 2. The Bertz CT molecular complexity index is 1580. The van der Waals surface area contributed by atoms with Crippen molar-refractivity contribution < 1.29 is 0 Å². The van der Waals surface area contributed by atoms with Crippen LogP contribution in [0.25, 0.3) is 41.0 Å². The Kier molecular flexibility index (Phi) is 4.52. The van der Waals surface area contributed by atoms with Gasteiger partial charge in [0.05, 0.1) is 16.7 Å². The number of benzene rings is 1. The molecule has 31 heavy (non-hydrogen) atoms. The van der Waals surface area contributed by atoms with Gasteiger partial charge in [-0.1, -0.05) is 43.5 Å². The third kappa shape index (κ3) is 3.06. The highest BCUT2D eigenvalue weighted by atomic mass is 32.1. The Hall–Kier alpha value is -3.97. The van der Waals surface area contributed by atoms with Gasteiger partial charge in [0, 0.05) is 45.7 Å². The largest absolute Gasteiger partial charge is 0.361 e. The van der Waals surface area contributed by atoms with Crippen molar-refractivity contribution in [1.82, 2.24) is 19.9 Å². The lowest BCUT2D eigenvalue weighted by atomic mass is 10.0. The van der Waals surface area contributed by atoms with Crippen molar-refractivity contribution in [3.63, 3.8) is 0 Å². The van der Waals surface area contributed by atoms with Gasteiger partial charge in [-0.05, 0) is 31.3 Å². The molecule has 0 amide bonds. The summed E-state index contributed by atoms with van der Waals surface area (Å²) in [5.74, 6) is 0.583. The highest BCUT2D eigenvalue weighted by Crippen LogP contribution is 2.36. The van der Waals surface area contributed by atoms with Crippen molar-refractivity contribution in [1.29, 1.82) is 0 Å². The van der Waals surface area contributed by atoms with E-state index in [0.29, 0.717) is 21.3 Å². The first-order chi connectivity index (χ1) is 15.1. The zero-order valence-corrected chi connectivity index (χ0v) is 17.7. The number of hydrogen-bond acceptors (Lipinski definition) is 4. The third-order valence-corrected chi connectivity index (χ3v) is 5.48. The molecule has 6 nitrogen and oxygen atoms in total. The van der Waals surface area contributed by atoms with E-state index in [-0.39, 0.29) is 0 Å². The first-order valence-corrected chi connectivity index (χ1v) is 10.2. The maximum atomic E-state index is 5.26. The minimum atomic E-state index is 0.357. The van der Waals surface area contributed by atoms with Gasteiger partial charge in [0.15, 0.2) is 10.6 Å². The topological polar surface area (TPSA) is 84.7 Å². The van der Waals surface area contributed by atoms with E-state index in [4.69, 9.17) is 17.2 Å². The first kappa shape index (κ1) is 19.0. The van der Waals surface area contributed by atoms with Gasteiger partial charge in [-0.3, -0.25) is 0 Å². The molecule has 0 radical (unpaired) electrons. The molecule has 0 aliphatic carbocycles. The molecule has 0 fully saturated rings. The van der Waals surface area contributed by atoms with Gasteiger partial charge in [-0.15, -0.1) is 0 Å². The minimum Gasteiger partial charge on any atom is -0.361 e. The summed E-state index contributed by atoms with van der Waals surface area (Å²) in [7, 11) is 0. The molecule has 7 heteroatoms. The second kappa shape index (κ2) is 7.37. The van der Waals surface area contributed by atoms with E-state index in [9.17, 15) is 0 Å². The number of aromatic nitrogens is 4. The van der Waals surface area contributed by atoms with Crippen LogP contribution in [0.3, 0.4) is 0 Å². The monoisotopic (exact) mass is 424 g/mol. The Morgan fingerprint density at radius 2 is 1.90 bits per heavy atom. The summed E-state index contributed by atoms with van der Waals surface area (Å²) in [5.41, 5.74) is 6.58. The molecule has 1 aliphatic heterocycles. The average Bonchev–Trinajstić information content (AvgIpc) is 3.37. The van der Waals surface area contributed by atoms with Crippen molar-refractivity contribution in [3.05, 3.63) is 87.2 Å². The zero-order chi connectivity index (χ0) is 21.5. The van der Waals surface area contributed by atoms with Gasteiger partial charge >= 0.3 is 0 Å². The van der Waals surface area contributed by atoms with Crippen molar-refractivity contribution in [2.45, 2.75) is 6.92 Å². The molecule has 0 saturated heterocycles. The lowest BCUT2D eigenvalue weighted by Crippen LogP contribution is -2.34. The smallest absolute Gasteiger partial charge is 0.199 e. The quantitative estimate of drug-likeness (QED) is 0.361. The fourth-order valence-electron chi connectivity index (χ4n) is 3.90. The number of fused-ring (bicyclic) bond motifs is 2. The van der Waals surface area contributed by atoms with Crippen molar-refractivity contribution in [3.8, 4) is 0 Å². The predicted molar refractivity (Wildman–Crippen MR) is 130 cm³/mol. The summed E-state index contributed by atoms with van der Waals surface area (Å²) in [6.07, 6.45) is 9.80. The van der Waals surface area contributed by atoms with Crippen molar-refractivity contribution >= 4 is 59.1 Å². The molecule has 0 bridgehead atoms. The van der Waals surface area contributed by atoms with Crippen LogP contribution in [0.2, 0.25) is 0 Å². The maximum Gasteiger partial charge on any atom is 0.199 e. The molecule has 0 saturated carbocycles. The van der Waals surface area contributed by atoms with Gasteiger partial charge < -0.3 is 20.3 Å². The molecule has 1 aliphatic rings. The second-order valence-electron chi connectivity index (χ2n) is 7.16. The summed E-state index contributed by atoms with van der Waals surface area (Å²) in [5, 5.41) is 5.82. The maximum absolute atomic E-state index is 5.26. The molecule has 152 valence electrons. The fraction of sp³-hybridized carbons (Fsp3) is 0.0417. The number of H-pyrrole nitrogens is 3. The van der Waals surface area contributed by atoms with Crippen LogP contribution >= 0.6 is 12.2 Å².